The lowest BCUT2D eigenvalue weighted by Gasteiger charge is -2.36. The van der Waals surface area contributed by atoms with Crippen molar-refractivity contribution in [2.24, 2.45) is 0 Å². The van der Waals surface area contributed by atoms with Gasteiger partial charge in [0.05, 0.1) is 24.3 Å². The fraction of sp³-hybridized carbons (Fsp3) is 0.200. The van der Waals surface area contributed by atoms with Gasteiger partial charge in [-0.1, -0.05) is 84.9 Å². The molecule has 2 aliphatic heterocycles. The molecule has 182 valence electrons. The number of methoxy groups -OCH3 is 1. The molecule has 0 saturated carbocycles. The van der Waals surface area contributed by atoms with Crippen molar-refractivity contribution in [1.29, 1.82) is 0 Å². The molecule has 5 rings (SSSR count). The lowest BCUT2D eigenvalue weighted by Crippen LogP contribution is -2.49. The lowest BCUT2D eigenvalue weighted by atomic mass is 9.78. The molecule has 3 atom stereocenters. The fourth-order valence-corrected chi connectivity index (χ4v) is 4.92. The minimum atomic E-state index is -1.16. The molecule has 2 heterocycles. The largest absolute Gasteiger partial charge is 0.466 e. The second-order valence-electron chi connectivity index (χ2n) is 8.89. The summed E-state index contributed by atoms with van der Waals surface area (Å²) in [4.78, 5) is 26.6. The van der Waals surface area contributed by atoms with Gasteiger partial charge in [-0.2, -0.15) is 0 Å². The molecule has 2 N–H and O–H groups in total. The number of para-hydroxylation sites is 1. The van der Waals surface area contributed by atoms with E-state index >= 15 is 0 Å². The minimum Gasteiger partial charge on any atom is -0.466 e. The first-order valence-corrected chi connectivity index (χ1v) is 12.0. The number of benzene rings is 3. The van der Waals surface area contributed by atoms with E-state index in [0.29, 0.717) is 18.5 Å². The van der Waals surface area contributed by atoms with Crippen molar-refractivity contribution in [1.82, 2.24) is 5.32 Å². The molecule has 36 heavy (non-hydrogen) atoms. The van der Waals surface area contributed by atoms with E-state index in [2.05, 4.69) is 10.6 Å². The molecular formula is C30H28N2O4. The molecule has 1 amide bonds. The van der Waals surface area contributed by atoms with Crippen LogP contribution < -0.4 is 10.6 Å². The minimum absolute atomic E-state index is 0.243. The number of esters is 1. The van der Waals surface area contributed by atoms with Crippen molar-refractivity contribution in [3.05, 3.63) is 125 Å². The molecule has 2 bridgehead atoms. The highest BCUT2D eigenvalue weighted by Crippen LogP contribution is 2.47. The summed E-state index contributed by atoms with van der Waals surface area (Å²) in [5.41, 5.74) is 2.31. The predicted octanol–water partition coefficient (Wildman–Crippen LogP) is 4.20. The topological polar surface area (TPSA) is 76.7 Å². The van der Waals surface area contributed by atoms with E-state index in [-0.39, 0.29) is 17.5 Å². The number of amides is 1. The molecule has 6 nitrogen and oxygen atoms in total. The second kappa shape index (κ2) is 10.2. The smallest absolute Gasteiger partial charge is 0.337 e. The zero-order chi connectivity index (χ0) is 25.0. The average Bonchev–Trinajstić information content (AvgIpc) is 3.51. The zero-order valence-corrected chi connectivity index (χ0v) is 20.0. The summed E-state index contributed by atoms with van der Waals surface area (Å²) in [7, 11) is 1.33. The molecule has 0 saturated heterocycles. The summed E-state index contributed by atoms with van der Waals surface area (Å²) in [5.74, 6) is -0.909. The third-order valence-electron chi connectivity index (χ3n) is 6.63. The molecule has 0 fully saturated rings. The molecule has 0 radical (unpaired) electrons. The Labute approximate surface area is 210 Å². The third-order valence-corrected chi connectivity index (χ3v) is 6.63. The van der Waals surface area contributed by atoms with Gasteiger partial charge in [0.1, 0.15) is 11.7 Å². The summed E-state index contributed by atoms with van der Waals surface area (Å²) < 4.78 is 11.7. The Kier molecular flexibility index (Phi) is 6.69. The van der Waals surface area contributed by atoms with Crippen LogP contribution in [0.1, 0.15) is 11.1 Å². The molecule has 0 aliphatic carbocycles. The number of rotatable bonds is 9. The molecule has 6 heteroatoms. The van der Waals surface area contributed by atoms with Crippen LogP contribution in [0.15, 0.2) is 114 Å². The monoisotopic (exact) mass is 480 g/mol. The van der Waals surface area contributed by atoms with Gasteiger partial charge in [0.25, 0.3) is 5.91 Å². The van der Waals surface area contributed by atoms with Crippen LogP contribution in [-0.4, -0.2) is 36.7 Å². The first-order chi connectivity index (χ1) is 17.6. The number of nitrogens with one attached hydrogen (secondary N) is 2. The summed E-state index contributed by atoms with van der Waals surface area (Å²) in [6, 6.07) is 29.0. The molecule has 0 aromatic heterocycles. The van der Waals surface area contributed by atoms with Crippen LogP contribution in [-0.2, 0) is 32.0 Å². The van der Waals surface area contributed by atoms with Crippen molar-refractivity contribution in [2.45, 2.75) is 30.7 Å². The van der Waals surface area contributed by atoms with E-state index < -0.39 is 17.7 Å². The Morgan fingerprint density at radius 3 is 2.17 bits per heavy atom. The van der Waals surface area contributed by atoms with E-state index in [1.165, 1.54) is 7.11 Å². The number of ether oxygens (including phenoxy) is 2. The number of carbonyl (C=O) groups excluding carboxylic acids is 2. The van der Waals surface area contributed by atoms with Crippen LogP contribution in [0.25, 0.3) is 0 Å². The highest BCUT2D eigenvalue weighted by molar-refractivity contribution is 6.07. The standard InChI is InChI=1S/C30H28N2O4/c1-35-29(34)27-26(28(33)31-20-22-13-7-3-8-14-22)24-17-18-30(27,36-24)25(19-21-11-5-2-6-12-21)32-23-15-9-4-10-16-23/h2-18,24-25,32H,19-20H2,1H3,(H,31,33). The normalized spacial score (nSPS) is 20.8. The highest BCUT2D eigenvalue weighted by Gasteiger charge is 2.58. The lowest BCUT2D eigenvalue weighted by molar-refractivity contribution is -0.138. The van der Waals surface area contributed by atoms with Crippen molar-refractivity contribution < 1.29 is 19.1 Å². The van der Waals surface area contributed by atoms with Gasteiger partial charge in [-0.05, 0) is 35.8 Å². The molecule has 3 aromatic rings. The van der Waals surface area contributed by atoms with E-state index in [9.17, 15) is 9.59 Å². The Balaban J connectivity index is 1.52. The zero-order valence-electron chi connectivity index (χ0n) is 20.0. The predicted molar refractivity (Wildman–Crippen MR) is 138 cm³/mol. The van der Waals surface area contributed by atoms with Gasteiger partial charge >= 0.3 is 5.97 Å². The first-order valence-electron chi connectivity index (χ1n) is 12.0. The molecule has 3 unspecified atom stereocenters. The van der Waals surface area contributed by atoms with Gasteiger partial charge in [-0.3, -0.25) is 4.79 Å². The second-order valence-corrected chi connectivity index (χ2v) is 8.89. The Morgan fingerprint density at radius 1 is 0.917 bits per heavy atom. The van der Waals surface area contributed by atoms with Crippen molar-refractivity contribution in [3.63, 3.8) is 0 Å². The maximum absolute atomic E-state index is 13.4. The van der Waals surface area contributed by atoms with Crippen molar-refractivity contribution in [3.8, 4) is 0 Å². The summed E-state index contributed by atoms with van der Waals surface area (Å²) in [6.07, 6.45) is 3.67. The van der Waals surface area contributed by atoms with Crippen LogP contribution in [0.4, 0.5) is 5.69 Å². The Bertz CT molecular complexity index is 1250. The SMILES string of the molecule is COC(=O)C1=C(C(=O)NCc2ccccc2)C2C=CC1(C(Cc1ccccc1)Nc1ccccc1)O2. The van der Waals surface area contributed by atoms with Gasteiger partial charge in [0.15, 0.2) is 0 Å². The Morgan fingerprint density at radius 2 is 1.53 bits per heavy atom. The number of fused-ring (bicyclic) bond motifs is 2. The van der Waals surface area contributed by atoms with Gasteiger partial charge in [0.2, 0.25) is 0 Å². The van der Waals surface area contributed by atoms with Crippen LogP contribution in [0.3, 0.4) is 0 Å². The third kappa shape index (κ3) is 4.55. The number of hydrogen-bond acceptors (Lipinski definition) is 5. The molecule has 0 spiro atoms. The molecular weight excluding hydrogens is 452 g/mol. The van der Waals surface area contributed by atoms with E-state index in [4.69, 9.17) is 9.47 Å². The summed E-state index contributed by atoms with van der Waals surface area (Å²) in [5, 5.41) is 6.52. The van der Waals surface area contributed by atoms with E-state index in [1.54, 1.807) is 0 Å². The number of carbonyl (C=O) groups is 2. The molecule has 3 aromatic carbocycles. The summed E-state index contributed by atoms with van der Waals surface area (Å²) in [6.45, 7) is 0.344. The quantitative estimate of drug-likeness (QED) is 0.355. The maximum Gasteiger partial charge on any atom is 0.337 e. The van der Waals surface area contributed by atoms with Crippen molar-refractivity contribution >= 4 is 17.6 Å². The van der Waals surface area contributed by atoms with Crippen molar-refractivity contribution in [2.75, 3.05) is 12.4 Å². The van der Waals surface area contributed by atoms with E-state index in [0.717, 1.165) is 16.8 Å². The van der Waals surface area contributed by atoms with E-state index in [1.807, 2.05) is 103 Å². The maximum atomic E-state index is 13.4. The fourth-order valence-electron chi connectivity index (χ4n) is 4.92. The van der Waals surface area contributed by atoms with Crippen LogP contribution in [0, 0.1) is 0 Å². The van der Waals surface area contributed by atoms with Crippen LogP contribution in [0.5, 0.6) is 0 Å². The van der Waals surface area contributed by atoms with Gasteiger partial charge < -0.3 is 20.1 Å². The van der Waals surface area contributed by atoms with Gasteiger partial charge in [-0.25, -0.2) is 4.79 Å². The first kappa shape index (κ1) is 23.6. The van der Waals surface area contributed by atoms with Crippen LogP contribution >= 0.6 is 0 Å². The Hall–Kier alpha value is -4.16. The number of anilines is 1. The van der Waals surface area contributed by atoms with Gasteiger partial charge in [-0.15, -0.1) is 0 Å². The average molecular weight is 481 g/mol. The number of hydrogen-bond donors (Lipinski definition) is 2. The van der Waals surface area contributed by atoms with Gasteiger partial charge in [0, 0.05) is 12.2 Å². The summed E-state index contributed by atoms with van der Waals surface area (Å²) >= 11 is 0. The molecule has 2 aliphatic rings. The highest BCUT2D eigenvalue weighted by atomic mass is 16.5. The van der Waals surface area contributed by atoms with Crippen LogP contribution in [0.2, 0.25) is 0 Å².